The molecule has 153 valence electrons. The minimum absolute atomic E-state index is 0. The van der Waals surface area contributed by atoms with Crippen molar-refractivity contribution in [2.45, 2.75) is 96.0 Å². The molecule has 0 spiro atoms. The Morgan fingerprint density at radius 1 is 0.852 bits per heavy atom. The van der Waals surface area contributed by atoms with Gasteiger partial charge in [0.15, 0.2) is 0 Å². The first kappa shape index (κ1) is 29.3. The first-order valence-electron chi connectivity index (χ1n) is 10.0. The second-order valence-electron chi connectivity index (χ2n) is 6.86. The van der Waals surface area contributed by atoms with E-state index in [9.17, 15) is 8.42 Å². The molecule has 1 aromatic carbocycles. The van der Waals surface area contributed by atoms with E-state index in [1.165, 1.54) is 51.4 Å². The molecular formula is C21H38NaO4S. The predicted octanol–water partition coefficient (Wildman–Crippen LogP) is 5.32. The van der Waals surface area contributed by atoms with E-state index >= 15 is 0 Å². The zero-order chi connectivity index (χ0) is 19.7. The Morgan fingerprint density at radius 3 is 1.70 bits per heavy atom. The van der Waals surface area contributed by atoms with E-state index in [4.69, 9.17) is 9.29 Å². The molecule has 0 aromatic heterocycles. The molecular weight excluding hydrogens is 371 g/mol. The molecule has 0 amide bonds. The minimum Gasteiger partial charge on any atom is -0.394 e. The maximum absolute atomic E-state index is 11.9. The molecule has 0 unspecified atom stereocenters. The quantitative estimate of drug-likeness (QED) is 0.272. The SMILES string of the molecule is CC(C)O.CCCCCCCCCCCCOS(=O)(=O)c1ccccc1.[Na]. The number of hydrogen-bond acceptors (Lipinski definition) is 4. The van der Waals surface area contributed by atoms with Crippen LogP contribution < -0.4 is 0 Å². The Morgan fingerprint density at radius 2 is 1.26 bits per heavy atom. The fourth-order valence-corrected chi connectivity index (χ4v) is 3.38. The van der Waals surface area contributed by atoms with Crippen molar-refractivity contribution in [3.63, 3.8) is 0 Å². The third-order valence-corrected chi connectivity index (χ3v) is 5.09. The van der Waals surface area contributed by atoms with Crippen molar-refractivity contribution in [3.8, 4) is 0 Å². The van der Waals surface area contributed by atoms with Crippen LogP contribution in [0.1, 0.15) is 85.0 Å². The van der Waals surface area contributed by atoms with Gasteiger partial charge in [0.2, 0.25) is 0 Å². The third-order valence-electron chi connectivity index (χ3n) is 3.77. The van der Waals surface area contributed by atoms with Crippen molar-refractivity contribution in [2.75, 3.05) is 6.61 Å². The van der Waals surface area contributed by atoms with E-state index in [0.717, 1.165) is 12.8 Å². The van der Waals surface area contributed by atoms with E-state index in [0.29, 0.717) is 0 Å². The monoisotopic (exact) mass is 409 g/mol. The van der Waals surface area contributed by atoms with Gasteiger partial charge in [-0.25, -0.2) is 0 Å². The van der Waals surface area contributed by atoms with Crippen molar-refractivity contribution < 1.29 is 17.7 Å². The molecule has 0 aliphatic heterocycles. The van der Waals surface area contributed by atoms with Crippen molar-refractivity contribution >= 4 is 39.7 Å². The molecule has 0 fully saturated rings. The van der Waals surface area contributed by atoms with Gasteiger partial charge < -0.3 is 5.11 Å². The van der Waals surface area contributed by atoms with Crippen LogP contribution in [0.15, 0.2) is 35.2 Å². The molecule has 0 saturated heterocycles. The second-order valence-corrected chi connectivity index (χ2v) is 8.48. The Kier molecular flexibility index (Phi) is 21.1. The van der Waals surface area contributed by atoms with Gasteiger partial charge in [0.1, 0.15) is 0 Å². The molecule has 0 heterocycles. The largest absolute Gasteiger partial charge is 0.394 e. The number of benzene rings is 1. The zero-order valence-corrected chi connectivity index (χ0v) is 20.6. The van der Waals surface area contributed by atoms with Crippen LogP contribution in [0, 0.1) is 0 Å². The molecule has 1 rings (SSSR count). The van der Waals surface area contributed by atoms with Crippen LogP contribution in [0.2, 0.25) is 0 Å². The van der Waals surface area contributed by atoms with E-state index in [-0.39, 0.29) is 47.2 Å². The summed E-state index contributed by atoms with van der Waals surface area (Å²) in [5, 5.41) is 8.06. The summed E-state index contributed by atoms with van der Waals surface area (Å²) in [5.41, 5.74) is 0. The topological polar surface area (TPSA) is 63.6 Å². The standard InChI is InChI=1S/C18H30O3S.C3H8O.Na/c1-2-3-4-5-6-7-8-9-10-14-17-21-22(19,20)18-15-12-11-13-16-18;1-3(2)4;/h11-13,15-16H,2-10,14,17H2,1H3;3-4H,1-2H3;. The number of hydrogen-bond donors (Lipinski definition) is 1. The summed E-state index contributed by atoms with van der Waals surface area (Å²) in [6, 6.07) is 8.33. The first-order valence-corrected chi connectivity index (χ1v) is 11.4. The zero-order valence-electron chi connectivity index (χ0n) is 17.8. The minimum atomic E-state index is -3.57. The molecule has 1 N–H and O–H groups in total. The normalized spacial score (nSPS) is 10.9. The van der Waals surface area contributed by atoms with Gasteiger partial charge in [0, 0.05) is 35.7 Å². The molecule has 27 heavy (non-hydrogen) atoms. The van der Waals surface area contributed by atoms with Gasteiger partial charge in [0.25, 0.3) is 10.1 Å². The molecule has 0 aliphatic carbocycles. The van der Waals surface area contributed by atoms with Gasteiger partial charge in [-0.15, -0.1) is 0 Å². The number of unbranched alkanes of at least 4 members (excludes halogenated alkanes) is 9. The Hall–Kier alpha value is 0.0900. The van der Waals surface area contributed by atoms with E-state index in [1.54, 1.807) is 44.2 Å². The first-order chi connectivity index (χ1) is 12.4. The molecule has 1 aromatic rings. The van der Waals surface area contributed by atoms with Gasteiger partial charge in [-0.05, 0) is 32.4 Å². The predicted molar refractivity (Wildman–Crippen MR) is 115 cm³/mol. The van der Waals surface area contributed by atoms with Crippen LogP contribution in [-0.4, -0.2) is 55.8 Å². The average Bonchev–Trinajstić information content (AvgIpc) is 2.60. The number of aliphatic hydroxyl groups is 1. The van der Waals surface area contributed by atoms with Gasteiger partial charge in [-0.3, -0.25) is 4.18 Å². The maximum atomic E-state index is 11.9. The summed E-state index contributed by atoms with van der Waals surface area (Å²) in [6.45, 7) is 5.97. The van der Waals surface area contributed by atoms with Crippen molar-refractivity contribution in [2.24, 2.45) is 0 Å². The molecule has 4 nitrogen and oxygen atoms in total. The Bertz CT molecular complexity index is 515. The smallest absolute Gasteiger partial charge is 0.296 e. The summed E-state index contributed by atoms with van der Waals surface area (Å²) < 4.78 is 28.8. The van der Waals surface area contributed by atoms with E-state index in [2.05, 4.69) is 6.92 Å². The van der Waals surface area contributed by atoms with E-state index in [1.807, 2.05) is 0 Å². The fraction of sp³-hybridized carbons (Fsp3) is 0.714. The molecule has 0 atom stereocenters. The molecule has 0 aliphatic rings. The average molecular weight is 410 g/mol. The Balaban J connectivity index is 0. The van der Waals surface area contributed by atoms with Crippen LogP contribution in [0.5, 0.6) is 0 Å². The van der Waals surface area contributed by atoms with Crippen LogP contribution >= 0.6 is 0 Å². The van der Waals surface area contributed by atoms with E-state index < -0.39 is 10.1 Å². The third kappa shape index (κ3) is 19.2. The van der Waals surface area contributed by atoms with Gasteiger partial charge in [0.05, 0.1) is 11.5 Å². The van der Waals surface area contributed by atoms with Crippen LogP contribution in [0.4, 0.5) is 0 Å². The summed E-state index contributed by atoms with van der Waals surface area (Å²) in [4.78, 5) is 0.238. The summed E-state index contributed by atoms with van der Waals surface area (Å²) in [5.74, 6) is 0. The second kappa shape index (κ2) is 19.4. The van der Waals surface area contributed by atoms with Gasteiger partial charge >= 0.3 is 0 Å². The van der Waals surface area contributed by atoms with Gasteiger partial charge in [-0.2, -0.15) is 8.42 Å². The molecule has 0 saturated carbocycles. The number of rotatable bonds is 13. The van der Waals surface area contributed by atoms with Gasteiger partial charge in [-0.1, -0.05) is 82.9 Å². The van der Waals surface area contributed by atoms with Crippen LogP contribution in [-0.2, 0) is 14.3 Å². The maximum Gasteiger partial charge on any atom is 0.296 e. The van der Waals surface area contributed by atoms with Crippen LogP contribution in [0.3, 0.4) is 0 Å². The summed E-state index contributed by atoms with van der Waals surface area (Å²) >= 11 is 0. The van der Waals surface area contributed by atoms with Crippen molar-refractivity contribution in [3.05, 3.63) is 30.3 Å². The fourth-order valence-electron chi connectivity index (χ4n) is 2.41. The molecule has 1 radical (unpaired) electrons. The Labute approximate surface area is 189 Å². The molecule has 6 heteroatoms. The summed E-state index contributed by atoms with van der Waals surface area (Å²) in [7, 11) is -3.57. The number of aliphatic hydroxyl groups excluding tert-OH is 1. The summed E-state index contributed by atoms with van der Waals surface area (Å²) in [6.07, 6.45) is 12.1. The van der Waals surface area contributed by atoms with Crippen molar-refractivity contribution in [1.82, 2.24) is 0 Å². The molecule has 0 bridgehead atoms. The van der Waals surface area contributed by atoms with Crippen LogP contribution in [0.25, 0.3) is 0 Å². The van der Waals surface area contributed by atoms with Crippen molar-refractivity contribution in [1.29, 1.82) is 0 Å².